The van der Waals surface area contributed by atoms with Gasteiger partial charge in [0.05, 0.1) is 25.0 Å². The second-order valence-electron chi connectivity index (χ2n) is 7.12. The van der Waals surface area contributed by atoms with Crippen molar-refractivity contribution in [3.63, 3.8) is 0 Å². The zero-order valence-electron chi connectivity index (χ0n) is 14.2. The number of carbonyl (C=O) groups excluding carboxylic acids is 1. The van der Waals surface area contributed by atoms with Crippen molar-refractivity contribution in [1.29, 1.82) is 0 Å². The molecule has 1 spiro atoms. The van der Waals surface area contributed by atoms with Gasteiger partial charge < -0.3 is 23.9 Å². The molecule has 1 aromatic rings. The summed E-state index contributed by atoms with van der Waals surface area (Å²) in [6, 6.07) is 1.73. The quantitative estimate of drug-likeness (QED) is 0.828. The van der Waals surface area contributed by atoms with Crippen molar-refractivity contribution in [1.82, 2.24) is 14.7 Å². The number of ether oxygens (including phenoxy) is 1. The number of hydrogen-bond donors (Lipinski definition) is 0. The summed E-state index contributed by atoms with van der Waals surface area (Å²) in [5, 5.41) is 0. The van der Waals surface area contributed by atoms with Crippen molar-refractivity contribution in [2.75, 3.05) is 66.6 Å². The van der Waals surface area contributed by atoms with E-state index in [0.717, 1.165) is 45.8 Å². The minimum absolute atomic E-state index is 0.0513. The lowest BCUT2D eigenvalue weighted by molar-refractivity contribution is 0.0644. The van der Waals surface area contributed by atoms with Crippen LogP contribution in [0.2, 0.25) is 0 Å². The second kappa shape index (κ2) is 7.03. The molecule has 23 heavy (non-hydrogen) atoms. The molecule has 0 N–H and O–H groups in total. The van der Waals surface area contributed by atoms with Crippen molar-refractivity contribution in [3.8, 4) is 0 Å². The molecule has 3 heterocycles. The van der Waals surface area contributed by atoms with E-state index in [1.807, 2.05) is 4.90 Å². The summed E-state index contributed by atoms with van der Waals surface area (Å²) in [5.41, 5.74) is 0.701. The molecule has 0 aliphatic carbocycles. The molecule has 0 aromatic carbocycles. The maximum absolute atomic E-state index is 12.6. The van der Waals surface area contributed by atoms with E-state index in [1.54, 1.807) is 12.3 Å². The van der Waals surface area contributed by atoms with Crippen molar-refractivity contribution in [3.05, 3.63) is 24.2 Å². The summed E-state index contributed by atoms with van der Waals surface area (Å²) in [5.74, 6) is 0.0513. The fraction of sp³-hybridized carbons (Fsp3) is 0.706. The molecule has 2 aliphatic heterocycles. The van der Waals surface area contributed by atoms with Gasteiger partial charge in [0.15, 0.2) is 0 Å². The minimum Gasteiger partial charge on any atom is -0.472 e. The molecule has 0 bridgehead atoms. The lowest BCUT2D eigenvalue weighted by Crippen LogP contribution is -2.43. The Balaban J connectivity index is 1.64. The van der Waals surface area contributed by atoms with E-state index >= 15 is 0 Å². The Kier molecular flexibility index (Phi) is 5.04. The zero-order valence-corrected chi connectivity index (χ0v) is 14.2. The van der Waals surface area contributed by atoms with Crippen LogP contribution in [0.25, 0.3) is 0 Å². The van der Waals surface area contributed by atoms with Crippen LogP contribution in [0.4, 0.5) is 0 Å². The van der Waals surface area contributed by atoms with E-state index < -0.39 is 0 Å². The highest BCUT2D eigenvalue weighted by atomic mass is 16.5. The molecule has 6 nitrogen and oxygen atoms in total. The summed E-state index contributed by atoms with van der Waals surface area (Å²) in [6.45, 7) is 7.03. The van der Waals surface area contributed by atoms with Crippen LogP contribution in [0.5, 0.6) is 0 Å². The third-order valence-corrected chi connectivity index (χ3v) is 4.88. The number of carbonyl (C=O) groups is 1. The van der Waals surface area contributed by atoms with Gasteiger partial charge in [-0.05, 0) is 33.1 Å². The molecule has 3 rings (SSSR count). The first kappa shape index (κ1) is 16.5. The van der Waals surface area contributed by atoms with Gasteiger partial charge in [-0.1, -0.05) is 0 Å². The standard InChI is InChI=1S/C17H27N3O3/c1-18(2)6-7-19-5-4-17(12-19)13-20(8-10-23-14-17)16(21)15-3-9-22-11-15/h3,9,11H,4-8,10,12-14H2,1-2H3/t17-/m0/s1. The first-order valence-electron chi connectivity index (χ1n) is 8.34. The lowest BCUT2D eigenvalue weighted by atomic mass is 9.87. The second-order valence-corrected chi connectivity index (χ2v) is 7.12. The number of rotatable bonds is 4. The largest absolute Gasteiger partial charge is 0.472 e. The third-order valence-electron chi connectivity index (χ3n) is 4.88. The Hall–Kier alpha value is -1.37. The Morgan fingerprint density at radius 1 is 1.35 bits per heavy atom. The number of likely N-dealkylation sites (tertiary alicyclic amines) is 1. The molecule has 1 aromatic heterocycles. The fourth-order valence-electron chi connectivity index (χ4n) is 3.54. The predicted molar refractivity (Wildman–Crippen MR) is 87.5 cm³/mol. The average Bonchev–Trinajstić information content (AvgIpc) is 3.13. The number of hydrogen-bond acceptors (Lipinski definition) is 5. The Bertz CT molecular complexity index is 517. The summed E-state index contributed by atoms with van der Waals surface area (Å²) < 4.78 is 10.9. The van der Waals surface area contributed by atoms with Gasteiger partial charge in [-0.3, -0.25) is 4.79 Å². The van der Waals surface area contributed by atoms with Gasteiger partial charge >= 0.3 is 0 Å². The average molecular weight is 321 g/mol. The summed E-state index contributed by atoms with van der Waals surface area (Å²) >= 11 is 0. The van der Waals surface area contributed by atoms with Gasteiger partial charge in [0, 0.05) is 38.1 Å². The van der Waals surface area contributed by atoms with E-state index in [0.29, 0.717) is 18.7 Å². The van der Waals surface area contributed by atoms with Gasteiger partial charge in [0.2, 0.25) is 0 Å². The van der Waals surface area contributed by atoms with Crippen LogP contribution >= 0.6 is 0 Å². The summed E-state index contributed by atoms with van der Waals surface area (Å²) in [7, 11) is 4.21. The molecule has 6 heteroatoms. The van der Waals surface area contributed by atoms with Gasteiger partial charge in [0.25, 0.3) is 5.91 Å². The maximum atomic E-state index is 12.6. The van der Waals surface area contributed by atoms with Crippen LogP contribution in [0.1, 0.15) is 16.8 Å². The third kappa shape index (κ3) is 3.94. The highest BCUT2D eigenvalue weighted by Gasteiger charge is 2.42. The molecule has 1 atom stereocenters. The van der Waals surface area contributed by atoms with Crippen molar-refractivity contribution < 1.29 is 13.9 Å². The highest BCUT2D eigenvalue weighted by molar-refractivity contribution is 5.93. The van der Waals surface area contributed by atoms with E-state index in [2.05, 4.69) is 23.9 Å². The topological polar surface area (TPSA) is 49.2 Å². The van der Waals surface area contributed by atoms with Crippen LogP contribution in [0, 0.1) is 5.41 Å². The van der Waals surface area contributed by atoms with E-state index in [9.17, 15) is 4.79 Å². The van der Waals surface area contributed by atoms with Crippen LogP contribution in [0.15, 0.2) is 23.0 Å². The first-order valence-corrected chi connectivity index (χ1v) is 8.34. The molecular formula is C17H27N3O3. The normalized spacial score (nSPS) is 26.1. The Morgan fingerprint density at radius 3 is 2.96 bits per heavy atom. The maximum Gasteiger partial charge on any atom is 0.257 e. The van der Waals surface area contributed by atoms with Crippen molar-refractivity contribution >= 4 is 5.91 Å². The predicted octanol–water partition coefficient (Wildman–Crippen LogP) is 1.01. The fourth-order valence-corrected chi connectivity index (χ4v) is 3.54. The Morgan fingerprint density at radius 2 is 2.22 bits per heavy atom. The smallest absolute Gasteiger partial charge is 0.257 e. The van der Waals surface area contributed by atoms with Crippen molar-refractivity contribution in [2.24, 2.45) is 5.41 Å². The molecule has 2 aliphatic rings. The number of amides is 1. The molecule has 0 unspecified atom stereocenters. The molecular weight excluding hydrogens is 294 g/mol. The summed E-state index contributed by atoms with van der Waals surface area (Å²) in [6.07, 6.45) is 4.17. The van der Waals surface area contributed by atoms with Crippen LogP contribution in [-0.2, 0) is 4.74 Å². The molecule has 2 saturated heterocycles. The van der Waals surface area contributed by atoms with Gasteiger partial charge in [-0.15, -0.1) is 0 Å². The van der Waals surface area contributed by atoms with Crippen LogP contribution in [0.3, 0.4) is 0 Å². The van der Waals surface area contributed by atoms with E-state index in [4.69, 9.17) is 9.15 Å². The Labute approximate surface area is 138 Å². The molecule has 2 fully saturated rings. The molecule has 0 saturated carbocycles. The molecule has 1 amide bonds. The van der Waals surface area contributed by atoms with Crippen molar-refractivity contribution in [2.45, 2.75) is 6.42 Å². The van der Waals surface area contributed by atoms with Crippen LogP contribution < -0.4 is 0 Å². The van der Waals surface area contributed by atoms with Gasteiger partial charge in [0.1, 0.15) is 6.26 Å². The number of nitrogens with zero attached hydrogens (tertiary/aromatic N) is 3. The lowest BCUT2D eigenvalue weighted by Gasteiger charge is -2.32. The number of likely N-dealkylation sites (N-methyl/N-ethyl adjacent to an activating group) is 1. The highest BCUT2D eigenvalue weighted by Crippen LogP contribution is 2.33. The van der Waals surface area contributed by atoms with Crippen LogP contribution in [-0.4, -0.2) is 87.2 Å². The molecule has 128 valence electrons. The van der Waals surface area contributed by atoms with E-state index in [-0.39, 0.29) is 11.3 Å². The first-order chi connectivity index (χ1) is 11.1. The van der Waals surface area contributed by atoms with Gasteiger partial charge in [-0.2, -0.15) is 0 Å². The SMILES string of the molecule is CN(C)CCN1CC[C@]2(COCCN(C(=O)c3ccoc3)C2)C1. The van der Waals surface area contributed by atoms with E-state index in [1.165, 1.54) is 6.26 Å². The number of furan rings is 1. The van der Waals surface area contributed by atoms with Gasteiger partial charge in [-0.25, -0.2) is 0 Å². The monoisotopic (exact) mass is 321 g/mol. The molecule has 0 radical (unpaired) electrons. The summed E-state index contributed by atoms with van der Waals surface area (Å²) in [4.78, 5) is 19.3. The minimum atomic E-state index is 0.0513. The zero-order chi connectivity index (χ0) is 16.3.